The second-order valence-corrected chi connectivity index (χ2v) is 7.95. The summed E-state index contributed by atoms with van der Waals surface area (Å²) in [5, 5.41) is 3.98. The Bertz CT molecular complexity index is 837. The second kappa shape index (κ2) is 9.43. The second-order valence-electron chi connectivity index (χ2n) is 6.95. The molecule has 27 heavy (non-hydrogen) atoms. The van der Waals surface area contributed by atoms with E-state index in [0.29, 0.717) is 45.7 Å². The van der Waals surface area contributed by atoms with E-state index in [2.05, 4.69) is 15.3 Å². The van der Waals surface area contributed by atoms with Gasteiger partial charge in [-0.25, -0.2) is 9.78 Å². The molecule has 8 heteroatoms. The molecule has 1 aliphatic rings. The first-order valence-corrected chi connectivity index (χ1v) is 10.3. The summed E-state index contributed by atoms with van der Waals surface area (Å²) in [5.74, 6) is 0.169. The van der Waals surface area contributed by atoms with Crippen molar-refractivity contribution in [1.82, 2.24) is 15.3 Å². The number of aromatic nitrogens is 2. The van der Waals surface area contributed by atoms with Gasteiger partial charge < -0.3 is 19.8 Å². The molecule has 2 aromatic heterocycles. The number of aromatic amines is 1. The van der Waals surface area contributed by atoms with Crippen molar-refractivity contribution in [1.29, 1.82) is 0 Å². The SMILES string of the molecule is COCCOC(=O)c1sc2nc(CNC3CCCCCC3)[nH]c(=O)c2c1C. The Morgan fingerprint density at radius 1 is 1.26 bits per heavy atom. The molecule has 2 N–H and O–H groups in total. The molecule has 2 aromatic rings. The molecule has 1 saturated carbocycles. The van der Waals surface area contributed by atoms with Gasteiger partial charge in [-0.1, -0.05) is 25.7 Å². The molecule has 1 fully saturated rings. The first-order valence-electron chi connectivity index (χ1n) is 9.52. The van der Waals surface area contributed by atoms with Gasteiger partial charge in [0.15, 0.2) is 0 Å². The van der Waals surface area contributed by atoms with Crippen molar-refractivity contribution in [2.45, 2.75) is 58.0 Å². The highest BCUT2D eigenvalue weighted by Gasteiger charge is 2.20. The number of H-pyrrole nitrogens is 1. The van der Waals surface area contributed by atoms with Crippen molar-refractivity contribution in [3.8, 4) is 0 Å². The maximum absolute atomic E-state index is 12.5. The Kier molecular flexibility index (Phi) is 6.98. The number of fused-ring (bicyclic) bond motifs is 1. The topological polar surface area (TPSA) is 93.3 Å². The van der Waals surface area contributed by atoms with E-state index in [1.165, 1.54) is 49.9 Å². The lowest BCUT2D eigenvalue weighted by Gasteiger charge is -2.15. The number of carbonyl (C=O) groups excluding carboxylic acids is 1. The summed E-state index contributed by atoms with van der Waals surface area (Å²) in [4.78, 5) is 33.2. The predicted octanol–water partition coefficient (Wildman–Crippen LogP) is 2.91. The number of esters is 1. The molecule has 1 aliphatic carbocycles. The molecule has 2 heterocycles. The number of aryl methyl sites for hydroxylation is 1. The Labute approximate surface area is 162 Å². The van der Waals surface area contributed by atoms with E-state index in [1.807, 2.05) is 0 Å². The Balaban J connectivity index is 1.75. The third kappa shape index (κ3) is 4.94. The normalized spacial score (nSPS) is 15.8. The van der Waals surface area contributed by atoms with Gasteiger partial charge in [0.05, 0.1) is 18.5 Å². The highest BCUT2D eigenvalue weighted by molar-refractivity contribution is 7.20. The fraction of sp³-hybridized carbons (Fsp3) is 0.632. The zero-order valence-corrected chi connectivity index (χ0v) is 16.7. The van der Waals surface area contributed by atoms with Crippen LogP contribution in [0.5, 0.6) is 0 Å². The monoisotopic (exact) mass is 393 g/mol. The van der Waals surface area contributed by atoms with Crippen LogP contribution in [0.1, 0.15) is 59.6 Å². The van der Waals surface area contributed by atoms with Gasteiger partial charge in [-0.05, 0) is 25.3 Å². The molecule has 0 saturated heterocycles. The smallest absolute Gasteiger partial charge is 0.348 e. The lowest BCUT2D eigenvalue weighted by atomic mass is 10.1. The quantitative estimate of drug-likeness (QED) is 0.427. The number of nitrogens with zero attached hydrogens (tertiary/aromatic N) is 1. The van der Waals surface area contributed by atoms with Crippen LogP contribution in [0, 0.1) is 6.92 Å². The van der Waals surface area contributed by atoms with Gasteiger partial charge in [0.2, 0.25) is 0 Å². The molecule has 0 amide bonds. The predicted molar refractivity (Wildman–Crippen MR) is 105 cm³/mol. The summed E-state index contributed by atoms with van der Waals surface area (Å²) < 4.78 is 10.1. The van der Waals surface area contributed by atoms with Crippen LogP contribution in [0.15, 0.2) is 4.79 Å². The summed E-state index contributed by atoms with van der Waals surface area (Å²) >= 11 is 1.21. The average molecular weight is 394 g/mol. The third-order valence-corrected chi connectivity index (χ3v) is 6.13. The Morgan fingerprint density at radius 2 is 2.00 bits per heavy atom. The third-order valence-electron chi connectivity index (χ3n) is 4.97. The highest BCUT2D eigenvalue weighted by Crippen LogP contribution is 2.27. The Morgan fingerprint density at radius 3 is 2.70 bits per heavy atom. The van der Waals surface area contributed by atoms with Crippen molar-refractivity contribution >= 4 is 27.5 Å². The molecule has 148 valence electrons. The maximum Gasteiger partial charge on any atom is 0.348 e. The van der Waals surface area contributed by atoms with Crippen LogP contribution in [0.2, 0.25) is 0 Å². The summed E-state index contributed by atoms with van der Waals surface area (Å²) in [6, 6.07) is 0.477. The van der Waals surface area contributed by atoms with Gasteiger partial charge >= 0.3 is 5.97 Å². The molecule has 0 unspecified atom stereocenters. The number of carbonyl (C=O) groups is 1. The number of thiophene rings is 1. The van der Waals surface area contributed by atoms with Gasteiger partial charge in [0.1, 0.15) is 22.1 Å². The lowest BCUT2D eigenvalue weighted by Crippen LogP contribution is -2.29. The standard InChI is InChI=1S/C19H27N3O4S/c1-12-15-17(23)21-14(11-20-13-7-5-3-4-6-8-13)22-18(15)27-16(12)19(24)26-10-9-25-2/h13,20H,3-11H2,1-2H3,(H,21,22,23). The van der Waals surface area contributed by atoms with Crippen LogP contribution in [0.3, 0.4) is 0 Å². The molecule has 0 spiro atoms. The molecular weight excluding hydrogens is 366 g/mol. The zero-order valence-electron chi connectivity index (χ0n) is 15.9. The van der Waals surface area contributed by atoms with E-state index in [0.717, 1.165) is 0 Å². The van der Waals surface area contributed by atoms with Gasteiger partial charge in [-0.15, -0.1) is 11.3 Å². The van der Waals surface area contributed by atoms with Gasteiger partial charge in [-0.3, -0.25) is 4.79 Å². The molecule has 0 bridgehead atoms. The van der Waals surface area contributed by atoms with E-state index in [9.17, 15) is 9.59 Å². The van der Waals surface area contributed by atoms with Crippen molar-refractivity contribution in [3.05, 3.63) is 26.6 Å². The maximum atomic E-state index is 12.5. The highest BCUT2D eigenvalue weighted by atomic mass is 32.1. The van der Waals surface area contributed by atoms with Crippen molar-refractivity contribution < 1.29 is 14.3 Å². The molecule has 7 nitrogen and oxygen atoms in total. The van der Waals surface area contributed by atoms with Crippen molar-refractivity contribution in [3.63, 3.8) is 0 Å². The molecule has 0 aliphatic heterocycles. The summed E-state index contributed by atoms with van der Waals surface area (Å²) in [7, 11) is 1.55. The Hall–Kier alpha value is -1.77. The van der Waals surface area contributed by atoms with Crippen LogP contribution < -0.4 is 10.9 Å². The van der Waals surface area contributed by atoms with Gasteiger partial charge in [0.25, 0.3) is 5.56 Å². The van der Waals surface area contributed by atoms with Crippen LogP contribution >= 0.6 is 11.3 Å². The minimum atomic E-state index is -0.440. The van der Waals surface area contributed by atoms with Crippen LogP contribution in [0.25, 0.3) is 10.2 Å². The van der Waals surface area contributed by atoms with E-state index >= 15 is 0 Å². The minimum absolute atomic E-state index is 0.184. The molecular formula is C19H27N3O4S. The lowest BCUT2D eigenvalue weighted by molar-refractivity contribution is 0.0393. The summed E-state index contributed by atoms with van der Waals surface area (Å²) in [6.07, 6.45) is 7.44. The summed E-state index contributed by atoms with van der Waals surface area (Å²) in [5.41, 5.74) is 0.414. The fourth-order valence-electron chi connectivity index (χ4n) is 3.47. The molecule has 0 radical (unpaired) electrons. The minimum Gasteiger partial charge on any atom is -0.459 e. The number of rotatable bonds is 7. The molecule has 3 rings (SSSR count). The number of hydrogen-bond acceptors (Lipinski definition) is 7. The van der Waals surface area contributed by atoms with Gasteiger partial charge in [0, 0.05) is 13.2 Å². The first-order chi connectivity index (χ1) is 13.1. The fourth-order valence-corrected chi connectivity index (χ4v) is 4.57. The molecule has 0 atom stereocenters. The first kappa shape index (κ1) is 20.0. The van der Waals surface area contributed by atoms with Gasteiger partial charge in [-0.2, -0.15) is 0 Å². The van der Waals surface area contributed by atoms with E-state index in [4.69, 9.17) is 9.47 Å². The van der Waals surface area contributed by atoms with Crippen molar-refractivity contribution in [2.75, 3.05) is 20.3 Å². The van der Waals surface area contributed by atoms with E-state index in [1.54, 1.807) is 14.0 Å². The van der Waals surface area contributed by atoms with E-state index < -0.39 is 5.97 Å². The number of hydrogen-bond donors (Lipinski definition) is 2. The number of nitrogens with one attached hydrogen (secondary N) is 2. The van der Waals surface area contributed by atoms with Crippen LogP contribution in [-0.2, 0) is 16.0 Å². The number of methoxy groups -OCH3 is 1. The zero-order chi connectivity index (χ0) is 19.2. The number of ether oxygens (including phenoxy) is 2. The van der Waals surface area contributed by atoms with Crippen molar-refractivity contribution in [2.24, 2.45) is 0 Å². The summed E-state index contributed by atoms with van der Waals surface area (Å²) in [6.45, 7) is 2.81. The average Bonchev–Trinajstić information content (AvgIpc) is 2.82. The molecule has 0 aromatic carbocycles. The van der Waals surface area contributed by atoms with E-state index in [-0.39, 0.29) is 12.2 Å². The largest absolute Gasteiger partial charge is 0.459 e. The van der Waals surface area contributed by atoms with Crippen LogP contribution in [-0.4, -0.2) is 42.3 Å². The van der Waals surface area contributed by atoms with Crippen LogP contribution in [0.4, 0.5) is 0 Å².